The third-order valence-electron chi connectivity index (χ3n) is 4.20. The molecule has 1 heterocycles. The number of nitrogens with one attached hydrogen (secondary N) is 1. The van der Waals surface area contributed by atoms with E-state index < -0.39 is 10.0 Å². The molecular formula is C17H24N4O3S. The lowest BCUT2D eigenvalue weighted by Gasteiger charge is -2.15. The van der Waals surface area contributed by atoms with Gasteiger partial charge in [-0.2, -0.15) is 5.10 Å². The fraction of sp³-hybridized carbons (Fsp3) is 0.412. The predicted octanol–water partition coefficient (Wildman–Crippen LogP) is 1.15. The van der Waals surface area contributed by atoms with Crippen molar-refractivity contribution < 1.29 is 13.2 Å². The summed E-state index contributed by atoms with van der Waals surface area (Å²) in [5.74, 6) is -0.170. The van der Waals surface area contributed by atoms with Crippen molar-refractivity contribution in [2.24, 2.45) is 7.05 Å². The second-order valence-corrected chi connectivity index (χ2v) is 8.24. The summed E-state index contributed by atoms with van der Waals surface area (Å²) in [4.78, 5) is 12.5. The number of carbonyl (C=O) groups is 1. The maximum atomic E-state index is 12.4. The molecule has 1 N–H and O–H groups in total. The van der Waals surface area contributed by atoms with Gasteiger partial charge in [0.1, 0.15) is 0 Å². The van der Waals surface area contributed by atoms with E-state index in [-0.39, 0.29) is 23.8 Å². The van der Waals surface area contributed by atoms with Gasteiger partial charge in [0, 0.05) is 38.9 Å². The molecule has 0 fully saturated rings. The van der Waals surface area contributed by atoms with E-state index in [1.54, 1.807) is 28.9 Å². The number of nitrogens with zero attached hydrogens (tertiary/aromatic N) is 3. The second-order valence-electron chi connectivity index (χ2n) is 6.12. The number of hydrogen-bond acceptors (Lipinski definition) is 4. The lowest BCUT2D eigenvalue weighted by molar-refractivity contribution is -0.120. The smallest absolute Gasteiger partial charge is 0.242 e. The third-order valence-corrected chi connectivity index (χ3v) is 6.12. The van der Waals surface area contributed by atoms with E-state index in [1.807, 2.05) is 20.9 Å². The van der Waals surface area contributed by atoms with E-state index in [9.17, 15) is 13.2 Å². The summed E-state index contributed by atoms with van der Waals surface area (Å²) < 4.78 is 27.7. The third kappa shape index (κ3) is 4.08. The van der Waals surface area contributed by atoms with Gasteiger partial charge < -0.3 is 5.32 Å². The van der Waals surface area contributed by atoms with Gasteiger partial charge in [0.15, 0.2) is 0 Å². The number of carbonyl (C=O) groups excluding carboxylic acids is 1. The van der Waals surface area contributed by atoms with Crippen LogP contribution in [0.5, 0.6) is 0 Å². The Morgan fingerprint density at radius 2 is 1.88 bits per heavy atom. The van der Waals surface area contributed by atoms with Gasteiger partial charge >= 0.3 is 0 Å². The first-order valence-corrected chi connectivity index (χ1v) is 9.34. The van der Waals surface area contributed by atoms with Gasteiger partial charge in [-0.05, 0) is 25.5 Å². The van der Waals surface area contributed by atoms with E-state index in [0.717, 1.165) is 21.3 Å². The SMILES string of the molecule is Cc1nn(C)c(C)c1CC(=O)NCc1ccccc1S(=O)(=O)N(C)C. The molecular weight excluding hydrogens is 340 g/mol. The highest BCUT2D eigenvalue weighted by Gasteiger charge is 2.21. The summed E-state index contributed by atoms with van der Waals surface area (Å²) in [6.45, 7) is 3.94. The van der Waals surface area contributed by atoms with E-state index in [2.05, 4.69) is 10.4 Å². The molecule has 25 heavy (non-hydrogen) atoms. The molecule has 0 aliphatic rings. The van der Waals surface area contributed by atoms with Crippen LogP contribution in [0, 0.1) is 13.8 Å². The minimum absolute atomic E-state index is 0.153. The van der Waals surface area contributed by atoms with Crippen LogP contribution in [-0.2, 0) is 34.8 Å². The van der Waals surface area contributed by atoms with E-state index >= 15 is 0 Å². The van der Waals surface area contributed by atoms with Crippen molar-refractivity contribution in [1.29, 1.82) is 0 Å². The molecule has 1 amide bonds. The molecule has 1 aromatic heterocycles. The number of aryl methyl sites for hydroxylation is 2. The second kappa shape index (κ2) is 7.37. The van der Waals surface area contributed by atoms with Gasteiger partial charge in [0.25, 0.3) is 0 Å². The predicted molar refractivity (Wildman–Crippen MR) is 95.5 cm³/mol. The first-order valence-electron chi connectivity index (χ1n) is 7.90. The number of aromatic nitrogens is 2. The van der Waals surface area contributed by atoms with E-state index in [0.29, 0.717) is 5.56 Å². The number of rotatable bonds is 6. The molecule has 2 aromatic rings. The van der Waals surface area contributed by atoms with Crippen LogP contribution in [0.3, 0.4) is 0 Å². The zero-order valence-corrected chi connectivity index (χ0v) is 16.0. The summed E-state index contributed by atoms with van der Waals surface area (Å²) in [5.41, 5.74) is 3.23. The van der Waals surface area contributed by atoms with Gasteiger partial charge in [-0.1, -0.05) is 18.2 Å². The average molecular weight is 364 g/mol. The molecule has 0 aliphatic carbocycles. The quantitative estimate of drug-likeness (QED) is 0.833. The van der Waals surface area contributed by atoms with E-state index in [1.165, 1.54) is 14.1 Å². The Morgan fingerprint density at radius 1 is 1.24 bits per heavy atom. The minimum atomic E-state index is -3.56. The van der Waals surface area contributed by atoms with Crippen LogP contribution in [0.15, 0.2) is 29.2 Å². The minimum Gasteiger partial charge on any atom is -0.352 e. The lowest BCUT2D eigenvalue weighted by atomic mass is 10.1. The Labute approximate surface area is 148 Å². The van der Waals surface area contributed by atoms with Crippen LogP contribution in [0.1, 0.15) is 22.5 Å². The molecule has 0 saturated heterocycles. The van der Waals surface area contributed by atoms with Crippen LogP contribution in [-0.4, -0.2) is 42.5 Å². The van der Waals surface area contributed by atoms with Crippen LogP contribution in [0.4, 0.5) is 0 Å². The zero-order valence-electron chi connectivity index (χ0n) is 15.2. The summed E-state index contributed by atoms with van der Waals surface area (Å²) in [7, 11) is 1.25. The average Bonchev–Trinajstić information content (AvgIpc) is 2.79. The Morgan fingerprint density at radius 3 is 2.44 bits per heavy atom. The first kappa shape index (κ1) is 19.1. The number of sulfonamides is 1. The molecule has 7 nitrogen and oxygen atoms in total. The molecule has 0 spiro atoms. The molecule has 136 valence electrons. The molecule has 8 heteroatoms. The maximum absolute atomic E-state index is 12.4. The largest absolute Gasteiger partial charge is 0.352 e. The summed E-state index contributed by atoms with van der Waals surface area (Å²) in [6.07, 6.45) is 0.216. The van der Waals surface area contributed by atoms with E-state index in [4.69, 9.17) is 0 Å². The number of benzene rings is 1. The molecule has 0 aliphatic heterocycles. The molecule has 0 unspecified atom stereocenters. The van der Waals surface area contributed by atoms with Gasteiger partial charge in [-0.3, -0.25) is 9.48 Å². The van der Waals surface area contributed by atoms with Crippen molar-refractivity contribution in [2.75, 3.05) is 14.1 Å². The highest BCUT2D eigenvalue weighted by molar-refractivity contribution is 7.89. The Hall–Kier alpha value is -2.19. The summed E-state index contributed by atoms with van der Waals surface area (Å²) in [5, 5.41) is 7.10. The first-order chi connectivity index (χ1) is 11.6. The fourth-order valence-electron chi connectivity index (χ4n) is 2.59. The van der Waals surface area contributed by atoms with Gasteiger partial charge in [-0.25, -0.2) is 12.7 Å². The van der Waals surface area contributed by atoms with Gasteiger partial charge in [-0.15, -0.1) is 0 Å². The molecule has 0 bridgehead atoms. The van der Waals surface area contributed by atoms with Crippen molar-refractivity contribution in [3.63, 3.8) is 0 Å². The van der Waals surface area contributed by atoms with Crippen LogP contribution in [0.25, 0.3) is 0 Å². The van der Waals surface area contributed by atoms with Crippen molar-refractivity contribution in [3.05, 3.63) is 46.8 Å². The van der Waals surface area contributed by atoms with Crippen LogP contribution in [0.2, 0.25) is 0 Å². The summed E-state index contributed by atoms with van der Waals surface area (Å²) in [6, 6.07) is 6.68. The van der Waals surface area contributed by atoms with Crippen molar-refractivity contribution in [1.82, 2.24) is 19.4 Å². The molecule has 0 atom stereocenters. The van der Waals surface area contributed by atoms with Crippen molar-refractivity contribution in [2.45, 2.75) is 31.7 Å². The fourth-order valence-corrected chi connectivity index (χ4v) is 3.70. The van der Waals surface area contributed by atoms with Crippen molar-refractivity contribution in [3.8, 4) is 0 Å². The van der Waals surface area contributed by atoms with Gasteiger partial charge in [0.05, 0.1) is 17.0 Å². The highest BCUT2D eigenvalue weighted by atomic mass is 32.2. The zero-order chi connectivity index (χ0) is 18.8. The molecule has 0 radical (unpaired) electrons. The maximum Gasteiger partial charge on any atom is 0.242 e. The molecule has 1 aromatic carbocycles. The molecule has 0 saturated carbocycles. The standard InChI is InChI=1S/C17H24N4O3S/c1-12-15(13(2)21(5)19-12)10-17(22)18-11-14-8-6-7-9-16(14)25(23,24)20(3)4/h6-9H,10-11H2,1-5H3,(H,18,22). The lowest BCUT2D eigenvalue weighted by Crippen LogP contribution is -2.28. The Balaban J connectivity index is 2.13. The molecule has 2 rings (SSSR count). The van der Waals surface area contributed by atoms with Crippen molar-refractivity contribution >= 4 is 15.9 Å². The van der Waals surface area contributed by atoms with Crippen LogP contribution >= 0.6 is 0 Å². The normalized spacial score (nSPS) is 11.8. The number of hydrogen-bond donors (Lipinski definition) is 1. The monoisotopic (exact) mass is 364 g/mol. The summed E-state index contributed by atoms with van der Waals surface area (Å²) >= 11 is 0. The Bertz CT molecular complexity index is 885. The van der Waals surface area contributed by atoms with Gasteiger partial charge in [0.2, 0.25) is 15.9 Å². The highest BCUT2D eigenvalue weighted by Crippen LogP contribution is 2.18. The topological polar surface area (TPSA) is 84.3 Å². The Kier molecular flexibility index (Phi) is 5.64. The number of amides is 1. The van der Waals surface area contributed by atoms with Crippen LogP contribution < -0.4 is 5.32 Å².